The van der Waals surface area contributed by atoms with Crippen LogP contribution in [0.3, 0.4) is 0 Å². The van der Waals surface area contributed by atoms with Gasteiger partial charge in [-0.2, -0.15) is 0 Å². The second kappa shape index (κ2) is 8.88. The molecular weight excluding hydrogens is 306 g/mol. The van der Waals surface area contributed by atoms with Gasteiger partial charge in [0, 0.05) is 11.5 Å². The van der Waals surface area contributed by atoms with E-state index in [9.17, 15) is 9.59 Å². The van der Waals surface area contributed by atoms with Gasteiger partial charge in [-0.1, -0.05) is 44.2 Å². The number of nitrogens with two attached hydrogens (primary N) is 1. The molecule has 0 aliphatic rings. The number of urea groups is 1. The third kappa shape index (κ3) is 5.55. The topological polar surface area (TPSA) is 88.0 Å². The van der Waals surface area contributed by atoms with E-state index in [1.165, 1.54) is 11.8 Å². The molecule has 0 saturated heterocycles. The molecule has 0 aliphatic carbocycles. The Morgan fingerprint density at radius 3 is 2.50 bits per heavy atom. The summed E-state index contributed by atoms with van der Waals surface area (Å²) >= 11 is 0. The Labute approximate surface area is 141 Å². The number of furan rings is 1. The predicted molar refractivity (Wildman–Crippen MR) is 89.9 cm³/mol. The second-order valence-corrected chi connectivity index (χ2v) is 5.93. The molecule has 3 amide bonds. The molecule has 128 valence electrons. The van der Waals surface area contributed by atoms with Gasteiger partial charge in [0.25, 0.3) is 5.91 Å². The van der Waals surface area contributed by atoms with Crippen LogP contribution in [-0.2, 0) is 11.3 Å². The van der Waals surface area contributed by atoms with Gasteiger partial charge in [-0.05, 0) is 12.1 Å². The van der Waals surface area contributed by atoms with Crippen LogP contribution >= 0.6 is 0 Å². The number of hydrogen-bond acceptors (Lipinski definition) is 3. The smallest absolute Gasteiger partial charge is 0.321 e. The van der Waals surface area contributed by atoms with E-state index in [1.807, 2.05) is 23.5 Å². The number of rotatable bonds is 7. The molecule has 2 rings (SSSR count). The van der Waals surface area contributed by atoms with Gasteiger partial charge in [-0.15, -0.1) is 0 Å². The van der Waals surface area contributed by atoms with Crippen LogP contribution in [0.4, 0.5) is 4.79 Å². The average molecular weight is 330 g/mol. The van der Waals surface area contributed by atoms with E-state index >= 15 is 0 Å². The summed E-state index contributed by atoms with van der Waals surface area (Å²) in [4.78, 5) is 23.6. The van der Waals surface area contributed by atoms with Crippen LogP contribution in [0.15, 0.2) is 53.1 Å². The maximum atomic E-state index is 11.9. The lowest BCUT2D eigenvalue weighted by Crippen LogP contribution is -2.88. The van der Waals surface area contributed by atoms with Crippen molar-refractivity contribution in [2.75, 3.05) is 6.54 Å². The SMILES string of the molecule is CC(C)[C@H]([NH2+]CC(=O)NC(=O)NCc1ccco1)c1ccccc1. The fourth-order valence-corrected chi connectivity index (χ4v) is 2.50. The fraction of sp³-hybridized carbons (Fsp3) is 0.333. The highest BCUT2D eigenvalue weighted by molar-refractivity contribution is 5.94. The zero-order valence-electron chi connectivity index (χ0n) is 14.0. The Kier molecular flexibility index (Phi) is 6.57. The standard InChI is InChI=1S/C18H23N3O3/c1-13(2)17(14-7-4-3-5-8-14)19-12-16(22)21-18(23)20-11-15-9-6-10-24-15/h3-10,13,17,19H,11-12H2,1-2H3,(H2,20,21,22,23)/p+1/t17-/m0/s1. The zero-order valence-corrected chi connectivity index (χ0v) is 14.0. The zero-order chi connectivity index (χ0) is 17.4. The summed E-state index contributed by atoms with van der Waals surface area (Å²) in [5, 5.41) is 6.86. The normalized spacial score (nSPS) is 12.0. The molecular formula is C18H24N3O3+. The van der Waals surface area contributed by atoms with Gasteiger partial charge in [0.1, 0.15) is 11.8 Å². The Morgan fingerprint density at radius 1 is 1.12 bits per heavy atom. The predicted octanol–water partition coefficient (Wildman–Crippen LogP) is 1.57. The Bertz CT molecular complexity index is 639. The first-order valence-electron chi connectivity index (χ1n) is 8.04. The molecule has 6 heteroatoms. The molecule has 2 aromatic rings. The second-order valence-electron chi connectivity index (χ2n) is 5.93. The van der Waals surface area contributed by atoms with Crippen molar-refractivity contribution in [1.29, 1.82) is 0 Å². The molecule has 0 fully saturated rings. The number of carbonyl (C=O) groups excluding carboxylic acids is 2. The highest BCUT2D eigenvalue weighted by atomic mass is 16.3. The summed E-state index contributed by atoms with van der Waals surface area (Å²) in [6, 6.07) is 13.2. The van der Waals surface area contributed by atoms with E-state index in [0.717, 1.165) is 0 Å². The van der Waals surface area contributed by atoms with Crippen LogP contribution in [0.1, 0.15) is 31.2 Å². The van der Waals surface area contributed by atoms with Crippen molar-refractivity contribution >= 4 is 11.9 Å². The van der Waals surface area contributed by atoms with E-state index in [0.29, 0.717) is 11.7 Å². The van der Waals surface area contributed by atoms with Gasteiger partial charge in [0.15, 0.2) is 6.54 Å². The quantitative estimate of drug-likeness (QED) is 0.720. The first-order chi connectivity index (χ1) is 11.6. The van der Waals surface area contributed by atoms with Gasteiger partial charge >= 0.3 is 6.03 Å². The summed E-state index contributed by atoms with van der Waals surface area (Å²) in [6.07, 6.45) is 1.53. The van der Waals surface area contributed by atoms with Crippen LogP contribution in [0.25, 0.3) is 0 Å². The molecule has 4 N–H and O–H groups in total. The molecule has 24 heavy (non-hydrogen) atoms. The van der Waals surface area contributed by atoms with Crippen molar-refractivity contribution in [3.05, 3.63) is 60.1 Å². The molecule has 1 aromatic heterocycles. The minimum Gasteiger partial charge on any atom is -0.467 e. The van der Waals surface area contributed by atoms with Crippen LogP contribution in [-0.4, -0.2) is 18.5 Å². The minimum atomic E-state index is -0.523. The molecule has 1 atom stereocenters. The van der Waals surface area contributed by atoms with E-state index in [-0.39, 0.29) is 25.0 Å². The summed E-state index contributed by atoms with van der Waals surface area (Å²) in [5.41, 5.74) is 1.17. The van der Waals surface area contributed by atoms with Crippen molar-refractivity contribution in [1.82, 2.24) is 10.6 Å². The number of quaternary nitrogens is 1. The number of carbonyl (C=O) groups is 2. The lowest BCUT2D eigenvalue weighted by atomic mass is 9.96. The van der Waals surface area contributed by atoms with E-state index < -0.39 is 6.03 Å². The highest BCUT2D eigenvalue weighted by Gasteiger charge is 2.20. The molecule has 0 bridgehead atoms. The van der Waals surface area contributed by atoms with Crippen LogP contribution in [0.5, 0.6) is 0 Å². The van der Waals surface area contributed by atoms with Crippen LogP contribution in [0, 0.1) is 5.92 Å². The van der Waals surface area contributed by atoms with E-state index in [4.69, 9.17) is 4.42 Å². The van der Waals surface area contributed by atoms with E-state index in [1.54, 1.807) is 12.1 Å². The molecule has 0 unspecified atom stereocenters. The lowest BCUT2D eigenvalue weighted by Gasteiger charge is -2.19. The summed E-state index contributed by atoms with van der Waals surface area (Å²) in [7, 11) is 0. The number of nitrogens with one attached hydrogen (secondary N) is 2. The summed E-state index contributed by atoms with van der Waals surface area (Å²) in [6.45, 7) is 4.66. The molecule has 0 saturated carbocycles. The van der Waals surface area contributed by atoms with Crippen molar-refractivity contribution in [2.45, 2.75) is 26.4 Å². The highest BCUT2D eigenvalue weighted by Crippen LogP contribution is 2.16. The number of hydrogen-bond donors (Lipinski definition) is 3. The molecule has 0 radical (unpaired) electrons. The van der Waals surface area contributed by atoms with Gasteiger partial charge < -0.3 is 15.1 Å². The summed E-state index contributed by atoms with van der Waals surface area (Å²) < 4.78 is 5.11. The van der Waals surface area contributed by atoms with E-state index in [2.05, 4.69) is 36.6 Å². The number of imide groups is 1. The lowest BCUT2D eigenvalue weighted by molar-refractivity contribution is -0.692. The Balaban J connectivity index is 1.77. The molecule has 0 aliphatic heterocycles. The Hall–Kier alpha value is -2.60. The van der Waals surface area contributed by atoms with Crippen molar-refractivity contribution in [3.8, 4) is 0 Å². The third-order valence-electron chi connectivity index (χ3n) is 3.72. The molecule has 1 heterocycles. The average Bonchev–Trinajstić information content (AvgIpc) is 3.07. The van der Waals surface area contributed by atoms with Crippen LogP contribution < -0.4 is 16.0 Å². The van der Waals surface area contributed by atoms with Gasteiger partial charge in [-0.3, -0.25) is 10.1 Å². The van der Waals surface area contributed by atoms with Crippen molar-refractivity contribution in [2.24, 2.45) is 5.92 Å². The van der Waals surface area contributed by atoms with Gasteiger partial charge in [-0.25, -0.2) is 4.79 Å². The number of amides is 3. The minimum absolute atomic E-state index is 0.170. The third-order valence-corrected chi connectivity index (χ3v) is 3.72. The largest absolute Gasteiger partial charge is 0.467 e. The monoisotopic (exact) mass is 330 g/mol. The maximum Gasteiger partial charge on any atom is 0.321 e. The first-order valence-corrected chi connectivity index (χ1v) is 8.04. The van der Waals surface area contributed by atoms with Crippen molar-refractivity contribution in [3.63, 3.8) is 0 Å². The maximum absolute atomic E-state index is 11.9. The molecule has 1 aromatic carbocycles. The first kappa shape index (κ1) is 17.7. The molecule has 6 nitrogen and oxygen atoms in total. The summed E-state index contributed by atoms with van der Waals surface area (Å²) in [5.74, 6) is 0.676. The fourth-order valence-electron chi connectivity index (χ4n) is 2.50. The number of benzene rings is 1. The Morgan fingerprint density at radius 2 is 1.88 bits per heavy atom. The van der Waals surface area contributed by atoms with Crippen molar-refractivity contribution < 1.29 is 19.3 Å². The molecule has 0 spiro atoms. The van der Waals surface area contributed by atoms with Gasteiger partial charge in [0.05, 0.1) is 12.8 Å². The van der Waals surface area contributed by atoms with Gasteiger partial charge in [0.2, 0.25) is 0 Å². The van der Waals surface area contributed by atoms with Crippen LogP contribution in [0.2, 0.25) is 0 Å².